The van der Waals surface area contributed by atoms with Gasteiger partial charge in [0.15, 0.2) is 0 Å². The molecule has 0 atom stereocenters. The molecule has 0 saturated heterocycles. The van der Waals surface area contributed by atoms with Crippen LogP contribution in [0, 0.1) is 6.92 Å². The van der Waals surface area contributed by atoms with Crippen molar-refractivity contribution in [1.29, 1.82) is 0 Å². The Kier molecular flexibility index (Phi) is 2.26. The minimum absolute atomic E-state index is 0.548. The van der Waals surface area contributed by atoms with E-state index in [0.29, 0.717) is 15.0 Å². The van der Waals surface area contributed by atoms with Crippen LogP contribution in [0.3, 0.4) is 0 Å². The second-order valence-electron chi connectivity index (χ2n) is 1.88. The zero-order valence-corrected chi connectivity index (χ0v) is 7.30. The molecule has 1 rings (SSSR count). The molecule has 48 valence electrons. The first kappa shape index (κ1) is 6.78. The fourth-order valence-corrected chi connectivity index (χ4v) is 1.61. The Morgan fingerprint density at radius 3 is 2.78 bits per heavy atom. The summed E-state index contributed by atoms with van der Waals surface area (Å²) in [5, 5.41) is 0. The zero-order valence-electron chi connectivity index (χ0n) is 5.59. The normalized spacial score (nSPS) is 9.56. The Balaban J connectivity index is 2.94. The molecule has 0 aliphatic carbocycles. The number of aromatic nitrogens is 1. The average Bonchev–Trinajstić information content (AvgIpc) is 1.88. The molecular formula is C7H9NSe. The second kappa shape index (κ2) is 3.00. The van der Waals surface area contributed by atoms with Crippen molar-refractivity contribution in [3.05, 3.63) is 23.9 Å². The van der Waals surface area contributed by atoms with Crippen molar-refractivity contribution >= 4 is 19.5 Å². The molecule has 1 nitrogen and oxygen atoms in total. The summed E-state index contributed by atoms with van der Waals surface area (Å²) in [5.41, 5.74) is 1.31. The number of hydrogen-bond acceptors (Lipinski definition) is 1. The van der Waals surface area contributed by atoms with Gasteiger partial charge in [0.25, 0.3) is 0 Å². The van der Waals surface area contributed by atoms with E-state index in [-0.39, 0.29) is 0 Å². The van der Waals surface area contributed by atoms with Crippen LogP contribution in [-0.4, -0.2) is 19.9 Å². The first-order valence-corrected chi connectivity index (χ1v) is 5.36. The SMILES string of the molecule is C[Se]c1cc(C)ccn1. The Bertz CT molecular complexity index is 198. The van der Waals surface area contributed by atoms with E-state index in [9.17, 15) is 0 Å². The van der Waals surface area contributed by atoms with Crippen LogP contribution in [0.15, 0.2) is 18.3 Å². The topological polar surface area (TPSA) is 12.9 Å². The Hall–Kier alpha value is -0.331. The molecule has 0 aliphatic rings. The summed E-state index contributed by atoms with van der Waals surface area (Å²) in [6.07, 6.45) is 1.87. The van der Waals surface area contributed by atoms with Gasteiger partial charge in [0.05, 0.1) is 0 Å². The summed E-state index contributed by atoms with van der Waals surface area (Å²) in [6.45, 7) is 2.09. The third kappa shape index (κ3) is 1.81. The Morgan fingerprint density at radius 1 is 1.56 bits per heavy atom. The van der Waals surface area contributed by atoms with Crippen molar-refractivity contribution in [2.24, 2.45) is 0 Å². The molecule has 1 aromatic heterocycles. The minimum atomic E-state index is 0.548. The fraction of sp³-hybridized carbons (Fsp3) is 0.286. The van der Waals surface area contributed by atoms with E-state index in [1.807, 2.05) is 12.3 Å². The van der Waals surface area contributed by atoms with Crippen molar-refractivity contribution in [2.75, 3.05) is 0 Å². The van der Waals surface area contributed by atoms with Crippen molar-refractivity contribution in [2.45, 2.75) is 12.7 Å². The van der Waals surface area contributed by atoms with Gasteiger partial charge in [-0.15, -0.1) is 0 Å². The first-order valence-electron chi connectivity index (χ1n) is 2.79. The van der Waals surface area contributed by atoms with Gasteiger partial charge in [-0.25, -0.2) is 0 Å². The predicted octanol–water partition coefficient (Wildman–Crippen LogP) is 0.768. The van der Waals surface area contributed by atoms with Crippen molar-refractivity contribution < 1.29 is 0 Å². The van der Waals surface area contributed by atoms with Crippen molar-refractivity contribution in [1.82, 2.24) is 4.98 Å². The van der Waals surface area contributed by atoms with Gasteiger partial charge in [-0.1, -0.05) is 0 Å². The molecular weight excluding hydrogens is 177 g/mol. The van der Waals surface area contributed by atoms with Gasteiger partial charge in [0.2, 0.25) is 0 Å². The molecule has 0 spiro atoms. The molecule has 0 amide bonds. The molecule has 0 aromatic carbocycles. The second-order valence-corrected chi connectivity index (χ2v) is 3.61. The van der Waals surface area contributed by atoms with Gasteiger partial charge in [-0.3, -0.25) is 0 Å². The molecule has 0 N–H and O–H groups in total. The predicted molar refractivity (Wildman–Crippen MR) is 40.2 cm³/mol. The summed E-state index contributed by atoms with van der Waals surface area (Å²) in [5.74, 6) is 2.18. The van der Waals surface area contributed by atoms with Crippen LogP contribution in [-0.2, 0) is 0 Å². The molecule has 0 unspecified atom stereocenters. The average molecular weight is 186 g/mol. The van der Waals surface area contributed by atoms with E-state index in [4.69, 9.17) is 0 Å². The number of nitrogens with zero attached hydrogens (tertiary/aromatic N) is 1. The van der Waals surface area contributed by atoms with Crippen LogP contribution in [0.25, 0.3) is 0 Å². The first-order chi connectivity index (χ1) is 4.33. The molecule has 0 radical (unpaired) electrons. The molecule has 0 fully saturated rings. The monoisotopic (exact) mass is 187 g/mol. The van der Waals surface area contributed by atoms with Crippen LogP contribution in [0.1, 0.15) is 5.56 Å². The van der Waals surface area contributed by atoms with Gasteiger partial charge in [-0.05, 0) is 0 Å². The fourth-order valence-electron chi connectivity index (χ4n) is 0.620. The van der Waals surface area contributed by atoms with E-state index >= 15 is 0 Å². The van der Waals surface area contributed by atoms with Crippen LogP contribution < -0.4 is 4.59 Å². The Labute approximate surface area is 61.7 Å². The van der Waals surface area contributed by atoms with E-state index < -0.39 is 0 Å². The molecule has 1 heterocycles. The summed E-state index contributed by atoms with van der Waals surface area (Å²) in [7, 11) is 0. The summed E-state index contributed by atoms with van der Waals surface area (Å²) < 4.78 is 1.24. The van der Waals surface area contributed by atoms with Crippen molar-refractivity contribution in [3.8, 4) is 0 Å². The van der Waals surface area contributed by atoms with Gasteiger partial charge in [-0.2, -0.15) is 0 Å². The van der Waals surface area contributed by atoms with E-state index in [0.717, 1.165) is 0 Å². The van der Waals surface area contributed by atoms with Gasteiger partial charge < -0.3 is 0 Å². The van der Waals surface area contributed by atoms with Crippen LogP contribution in [0.4, 0.5) is 0 Å². The number of rotatable bonds is 1. The summed E-state index contributed by atoms with van der Waals surface area (Å²) in [4.78, 5) is 4.19. The molecule has 1 aromatic rings. The molecule has 0 bridgehead atoms. The van der Waals surface area contributed by atoms with E-state index in [1.54, 1.807) is 0 Å². The molecule has 2 heteroatoms. The zero-order chi connectivity index (χ0) is 6.69. The molecule has 9 heavy (non-hydrogen) atoms. The quantitative estimate of drug-likeness (QED) is 0.590. The third-order valence-corrected chi connectivity index (χ3v) is 2.45. The maximum atomic E-state index is 4.19. The van der Waals surface area contributed by atoms with Gasteiger partial charge >= 0.3 is 61.2 Å². The van der Waals surface area contributed by atoms with E-state index in [1.165, 1.54) is 10.2 Å². The van der Waals surface area contributed by atoms with Crippen LogP contribution in [0.5, 0.6) is 0 Å². The third-order valence-electron chi connectivity index (χ3n) is 1.10. The van der Waals surface area contributed by atoms with Crippen molar-refractivity contribution in [3.63, 3.8) is 0 Å². The number of pyridine rings is 1. The van der Waals surface area contributed by atoms with Gasteiger partial charge in [0.1, 0.15) is 0 Å². The summed E-state index contributed by atoms with van der Waals surface area (Å²) >= 11 is 0.548. The number of hydrogen-bond donors (Lipinski definition) is 0. The van der Waals surface area contributed by atoms with Gasteiger partial charge in [0, 0.05) is 0 Å². The summed E-state index contributed by atoms with van der Waals surface area (Å²) in [6, 6.07) is 4.16. The molecule has 0 aliphatic heterocycles. The van der Waals surface area contributed by atoms with Crippen LogP contribution in [0.2, 0.25) is 5.82 Å². The standard InChI is InChI=1S/C7H9NSe/c1-6-3-4-8-7(5-6)9-2/h3-5H,1-2H3. The molecule has 0 saturated carbocycles. The maximum absolute atomic E-state index is 4.19. The van der Waals surface area contributed by atoms with E-state index in [2.05, 4.69) is 23.8 Å². The van der Waals surface area contributed by atoms with Crippen LogP contribution >= 0.6 is 0 Å². The number of aryl methyl sites for hydroxylation is 1. The Morgan fingerprint density at radius 2 is 2.33 bits per heavy atom.